The van der Waals surface area contributed by atoms with Gasteiger partial charge in [0.15, 0.2) is 5.69 Å². The maximum atomic E-state index is 14.1. The van der Waals surface area contributed by atoms with Gasteiger partial charge in [-0.25, -0.2) is 13.8 Å². The number of amides is 2. The summed E-state index contributed by atoms with van der Waals surface area (Å²) in [5, 5.41) is 9.01. The number of rotatable bonds is 4. The van der Waals surface area contributed by atoms with E-state index in [0.717, 1.165) is 0 Å². The fourth-order valence-electron chi connectivity index (χ4n) is 3.46. The van der Waals surface area contributed by atoms with Crippen LogP contribution in [-0.4, -0.2) is 31.4 Å². The minimum Gasteiger partial charge on any atom is -0.267 e. The van der Waals surface area contributed by atoms with E-state index < -0.39 is 17.6 Å². The van der Waals surface area contributed by atoms with Gasteiger partial charge in [0, 0.05) is 5.39 Å². The number of benzene rings is 2. The minimum atomic E-state index is -0.687. The van der Waals surface area contributed by atoms with Crippen molar-refractivity contribution in [3.63, 3.8) is 0 Å². The summed E-state index contributed by atoms with van der Waals surface area (Å²) in [5.74, 6) is -1.81. The number of para-hydroxylation sites is 1. The lowest BCUT2D eigenvalue weighted by Crippen LogP contribution is -2.43. The molecule has 9 nitrogen and oxygen atoms in total. The van der Waals surface area contributed by atoms with Crippen LogP contribution in [0, 0.1) is 12.7 Å². The Morgan fingerprint density at radius 2 is 1.61 bits per heavy atom. The third-order valence-corrected chi connectivity index (χ3v) is 5.16. The Morgan fingerprint density at radius 3 is 2.30 bits per heavy atom. The van der Waals surface area contributed by atoms with Gasteiger partial charge in [0.25, 0.3) is 17.4 Å². The molecular formula is C23H21FN6O3. The SMILES string of the molecule is Cc1c(C(=O)NNC(=O)c2nn(C(C)C)c(=O)c3ccccc23)cnn1-c1ccccc1F. The van der Waals surface area contributed by atoms with Crippen molar-refractivity contribution in [1.29, 1.82) is 0 Å². The number of hydrazine groups is 1. The zero-order valence-electron chi connectivity index (χ0n) is 18.2. The molecule has 0 saturated heterocycles. The van der Waals surface area contributed by atoms with Crippen LogP contribution in [0.5, 0.6) is 0 Å². The van der Waals surface area contributed by atoms with E-state index in [0.29, 0.717) is 16.5 Å². The number of fused-ring (bicyclic) bond motifs is 1. The summed E-state index contributed by atoms with van der Waals surface area (Å²) < 4.78 is 16.6. The van der Waals surface area contributed by atoms with E-state index >= 15 is 0 Å². The van der Waals surface area contributed by atoms with Gasteiger partial charge in [-0.05, 0) is 39.0 Å². The largest absolute Gasteiger partial charge is 0.290 e. The van der Waals surface area contributed by atoms with Crippen LogP contribution in [-0.2, 0) is 0 Å². The monoisotopic (exact) mass is 448 g/mol. The summed E-state index contributed by atoms with van der Waals surface area (Å²) in [6.45, 7) is 5.18. The van der Waals surface area contributed by atoms with Gasteiger partial charge in [-0.3, -0.25) is 25.2 Å². The van der Waals surface area contributed by atoms with Crippen LogP contribution in [0.25, 0.3) is 16.5 Å². The van der Waals surface area contributed by atoms with Crippen molar-refractivity contribution in [2.45, 2.75) is 26.8 Å². The summed E-state index contributed by atoms with van der Waals surface area (Å²) in [7, 11) is 0. The number of nitrogens with zero attached hydrogens (tertiary/aromatic N) is 4. The van der Waals surface area contributed by atoms with Crippen molar-refractivity contribution in [3.05, 3.63) is 87.9 Å². The quantitative estimate of drug-likeness (QED) is 0.467. The van der Waals surface area contributed by atoms with E-state index in [2.05, 4.69) is 21.0 Å². The fourth-order valence-corrected chi connectivity index (χ4v) is 3.46. The van der Waals surface area contributed by atoms with E-state index in [4.69, 9.17) is 0 Å². The Hall–Kier alpha value is -4.34. The van der Waals surface area contributed by atoms with Crippen LogP contribution in [0.3, 0.4) is 0 Å². The smallest absolute Gasteiger partial charge is 0.267 e. The zero-order chi connectivity index (χ0) is 23.7. The molecule has 4 aromatic rings. The second-order valence-electron chi connectivity index (χ2n) is 7.65. The number of carbonyl (C=O) groups is 2. The topological polar surface area (TPSA) is 111 Å². The summed E-state index contributed by atoms with van der Waals surface area (Å²) >= 11 is 0. The van der Waals surface area contributed by atoms with Gasteiger partial charge in [0.1, 0.15) is 11.5 Å². The van der Waals surface area contributed by atoms with Crippen LogP contribution in [0.4, 0.5) is 4.39 Å². The minimum absolute atomic E-state index is 0.00188. The molecule has 4 rings (SSSR count). The molecule has 0 aliphatic carbocycles. The Balaban J connectivity index is 1.59. The molecule has 0 spiro atoms. The van der Waals surface area contributed by atoms with E-state index in [-0.39, 0.29) is 28.5 Å². The van der Waals surface area contributed by atoms with Gasteiger partial charge < -0.3 is 0 Å². The van der Waals surface area contributed by atoms with Gasteiger partial charge in [-0.1, -0.05) is 30.3 Å². The lowest BCUT2D eigenvalue weighted by molar-refractivity contribution is 0.0843. The number of hydrogen-bond acceptors (Lipinski definition) is 5. The van der Waals surface area contributed by atoms with Crippen molar-refractivity contribution in [3.8, 4) is 5.69 Å². The van der Waals surface area contributed by atoms with Crippen molar-refractivity contribution in [1.82, 2.24) is 30.4 Å². The molecule has 33 heavy (non-hydrogen) atoms. The Kier molecular flexibility index (Phi) is 5.74. The summed E-state index contributed by atoms with van der Waals surface area (Å²) in [4.78, 5) is 38.2. The molecule has 0 unspecified atom stereocenters. The lowest BCUT2D eigenvalue weighted by Gasteiger charge is -2.13. The molecule has 168 valence electrons. The molecule has 0 radical (unpaired) electrons. The van der Waals surface area contributed by atoms with Gasteiger partial charge in [-0.15, -0.1) is 0 Å². The first-order valence-corrected chi connectivity index (χ1v) is 10.2. The second kappa shape index (κ2) is 8.65. The van der Waals surface area contributed by atoms with Crippen LogP contribution >= 0.6 is 0 Å². The number of aromatic nitrogens is 4. The highest BCUT2D eigenvalue weighted by Crippen LogP contribution is 2.17. The Bertz CT molecular complexity index is 1440. The van der Waals surface area contributed by atoms with Gasteiger partial charge >= 0.3 is 0 Å². The number of halogens is 1. The first-order valence-electron chi connectivity index (χ1n) is 10.2. The van der Waals surface area contributed by atoms with Crippen LogP contribution in [0.2, 0.25) is 0 Å². The third-order valence-electron chi connectivity index (χ3n) is 5.16. The van der Waals surface area contributed by atoms with E-state index in [9.17, 15) is 18.8 Å². The van der Waals surface area contributed by atoms with Gasteiger partial charge in [0.05, 0.1) is 28.9 Å². The van der Waals surface area contributed by atoms with Crippen molar-refractivity contribution >= 4 is 22.6 Å². The van der Waals surface area contributed by atoms with Crippen molar-refractivity contribution in [2.75, 3.05) is 0 Å². The Labute approximate surface area is 187 Å². The van der Waals surface area contributed by atoms with Crippen molar-refractivity contribution < 1.29 is 14.0 Å². The predicted octanol–water partition coefficient (Wildman–Crippen LogP) is 2.69. The summed E-state index contributed by atoms with van der Waals surface area (Å²) in [5.41, 5.74) is 5.11. The average Bonchev–Trinajstić information content (AvgIpc) is 3.19. The molecule has 0 saturated carbocycles. The molecule has 2 aromatic heterocycles. The molecule has 0 aliphatic heterocycles. The highest BCUT2D eigenvalue weighted by atomic mass is 19.1. The number of nitrogens with one attached hydrogen (secondary N) is 2. The predicted molar refractivity (Wildman–Crippen MR) is 120 cm³/mol. The van der Waals surface area contributed by atoms with Crippen LogP contribution in [0.1, 0.15) is 46.4 Å². The van der Waals surface area contributed by atoms with Gasteiger partial charge in [0.2, 0.25) is 0 Å². The maximum Gasteiger partial charge on any atom is 0.290 e. The Morgan fingerprint density at radius 1 is 0.970 bits per heavy atom. The standard InChI is InChI=1S/C23H21FN6O3/c1-13(2)29-23(33)16-9-5-4-8-15(16)20(28-29)22(32)27-26-21(31)17-12-25-30(14(17)3)19-11-7-6-10-18(19)24/h4-13H,1-3H3,(H,26,31)(H,27,32). The molecular weight excluding hydrogens is 427 g/mol. The number of hydrogen-bond donors (Lipinski definition) is 2. The average molecular weight is 448 g/mol. The number of carbonyl (C=O) groups excluding carboxylic acids is 2. The van der Waals surface area contributed by atoms with Crippen LogP contribution in [0.15, 0.2) is 59.5 Å². The molecule has 2 N–H and O–H groups in total. The first-order chi connectivity index (χ1) is 15.8. The molecule has 0 bridgehead atoms. The molecule has 10 heteroatoms. The van der Waals surface area contributed by atoms with Crippen molar-refractivity contribution in [2.24, 2.45) is 0 Å². The van der Waals surface area contributed by atoms with E-state index in [1.807, 2.05) is 0 Å². The molecule has 0 fully saturated rings. The van der Waals surface area contributed by atoms with Gasteiger partial charge in [-0.2, -0.15) is 10.2 Å². The normalized spacial score (nSPS) is 11.1. The summed E-state index contributed by atoms with van der Waals surface area (Å²) in [6.07, 6.45) is 1.29. The molecule has 0 atom stereocenters. The van der Waals surface area contributed by atoms with E-state index in [1.54, 1.807) is 63.2 Å². The second-order valence-corrected chi connectivity index (χ2v) is 7.65. The zero-order valence-corrected chi connectivity index (χ0v) is 18.2. The fraction of sp³-hybridized carbons (Fsp3) is 0.174. The first kappa shape index (κ1) is 21.9. The maximum absolute atomic E-state index is 14.1. The summed E-state index contributed by atoms with van der Waals surface area (Å²) in [6, 6.07) is 12.4. The molecule has 2 amide bonds. The van der Waals surface area contributed by atoms with E-state index in [1.165, 1.54) is 21.6 Å². The highest BCUT2D eigenvalue weighted by molar-refractivity contribution is 6.06. The lowest BCUT2D eigenvalue weighted by atomic mass is 10.1. The highest BCUT2D eigenvalue weighted by Gasteiger charge is 2.20. The molecule has 2 aromatic carbocycles. The molecule has 2 heterocycles. The molecule has 0 aliphatic rings. The third kappa shape index (κ3) is 3.98. The van der Waals surface area contributed by atoms with Crippen LogP contribution < -0.4 is 16.4 Å².